The molecule has 0 unspecified atom stereocenters. The maximum atomic E-state index is 10.9. The Morgan fingerprint density at radius 3 is 1.39 bits per heavy atom. The SMILES string of the molecule is NC(=O)c1ccc(-c2ccc(C(N)=O)nc2)cn1. The van der Waals surface area contributed by atoms with Crippen molar-refractivity contribution >= 4 is 11.8 Å². The fourth-order valence-electron chi connectivity index (χ4n) is 1.42. The first-order valence-electron chi connectivity index (χ1n) is 5.10. The Morgan fingerprint density at radius 2 is 1.17 bits per heavy atom. The van der Waals surface area contributed by atoms with E-state index in [1.54, 1.807) is 12.1 Å². The van der Waals surface area contributed by atoms with Crippen LogP contribution < -0.4 is 11.5 Å². The fraction of sp³-hybridized carbons (Fsp3) is 0. The Labute approximate surface area is 103 Å². The van der Waals surface area contributed by atoms with Crippen molar-refractivity contribution in [2.45, 2.75) is 0 Å². The standard InChI is InChI=1S/C12H10N4O2/c13-11(17)9-3-1-7(5-15-9)8-2-4-10(12(14)18)16-6-8/h1-6H,(H2,13,17)(H2,14,18). The first kappa shape index (κ1) is 11.7. The van der Waals surface area contributed by atoms with Crippen molar-refractivity contribution in [1.29, 1.82) is 0 Å². The van der Waals surface area contributed by atoms with Gasteiger partial charge >= 0.3 is 0 Å². The van der Waals surface area contributed by atoms with Crippen LogP contribution in [-0.2, 0) is 0 Å². The lowest BCUT2D eigenvalue weighted by Crippen LogP contribution is -2.13. The molecule has 2 aromatic rings. The highest BCUT2D eigenvalue weighted by Gasteiger charge is 2.05. The van der Waals surface area contributed by atoms with E-state index < -0.39 is 11.8 Å². The van der Waals surface area contributed by atoms with Gasteiger partial charge in [-0.05, 0) is 12.1 Å². The minimum Gasteiger partial charge on any atom is -0.364 e. The molecule has 6 heteroatoms. The van der Waals surface area contributed by atoms with Gasteiger partial charge < -0.3 is 11.5 Å². The number of nitrogens with zero attached hydrogens (tertiary/aromatic N) is 2. The van der Waals surface area contributed by atoms with E-state index >= 15 is 0 Å². The van der Waals surface area contributed by atoms with Crippen molar-refractivity contribution in [3.8, 4) is 11.1 Å². The lowest BCUT2D eigenvalue weighted by Gasteiger charge is -2.02. The highest BCUT2D eigenvalue weighted by atomic mass is 16.1. The van der Waals surface area contributed by atoms with Crippen molar-refractivity contribution in [3.63, 3.8) is 0 Å². The summed E-state index contributed by atoms with van der Waals surface area (Å²) in [6, 6.07) is 6.46. The molecule has 0 bridgehead atoms. The van der Waals surface area contributed by atoms with Crippen LogP contribution in [0.2, 0.25) is 0 Å². The van der Waals surface area contributed by atoms with E-state index in [9.17, 15) is 9.59 Å². The number of hydrogen-bond donors (Lipinski definition) is 2. The summed E-state index contributed by atoms with van der Waals surface area (Å²) in [4.78, 5) is 29.6. The first-order valence-corrected chi connectivity index (χ1v) is 5.10. The van der Waals surface area contributed by atoms with E-state index in [-0.39, 0.29) is 11.4 Å². The molecule has 2 heterocycles. The van der Waals surface area contributed by atoms with E-state index in [0.717, 1.165) is 11.1 Å². The molecule has 2 amide bonds. The van der Waals surface area contributed by atoms with Crippen LogP contribution in [0.4, 0.5) is 0 Å². The Morgan fingerprint density at radius 1 is 0.778 bits per heavy atom. The Hall–Kier alpha value is -2.76. The lowest BCUT2D eigenvalue weighted by atomic mass is 10.1. The number of nitrogens with two attached hydrogens (primary N) is 2. The molecule has 0 aromatic carbocycles. The van der Waals surface area contributed by atoms with Gasteiger partial charge in [-0.3, -0.25) is 19.6 Å². The van der Waals surface area contributed by atoms with Crippen LogP contribution in [0, 0.1) is 0 Å². The molecule has 0 saturated heterocycles. The average molecular weight is 242 g/mol. The molecule has 0 aliphatic carbocycles. The molecule has 0 saturated carbocycles. The number of rotatable bonds is 3. The van der Waals surface area contributed by atoms with Gasteiger partial charge in [0, 0.05) is 23.5 Å². The quantitative estimate of drug-likeness (QED) is 0.808. The largest absolute Gasteiger partial charge is 0.364 e. The molecule has 0 fully saturated rings. The van der Waals surface area contributed by atoms with Crippen LogP contribution in [0.25, 0.3) is 11.1 Å². The molecule has 18 heavy (non-hydrogen) atoms. The Bertz CT molecular complexity index is 535. The minimum absolute atomic E-state index is 0.195. The predicted octanol–water partition coefficient (Wildman–Crippen LogP) is 0.341. The van der Waals surface area contributed by atoms with Crippen molar-refractivity contribution in [2.75, 3.05) is 0 Å². The van der Waals surface area contributed by atoms with Crippen LogP contribution in [0.5, 0.6) is 0 Å². The number of carbonyl (C=O) groups excluding carboxylic acids is 2. The highest BCUT2D eigenvalue weighted by molar-refractivity contribution is 5.91. The molecule has 0 radical (unpaired) electrons. The predicted molar refractivity (Wildman–Crippen MR) is 64.5 cm³/mol. The van der Waals surface area contributed by atoms with Gasteiger partial charge in [0.25, 0.3) is 11.8 Å². The van der Waals surface area contributed by atoms with E-state index in [0.29, 0.717) is 0 Å². The van der Waals surface area contributed by atoms with Gasteiger partial charge in [0.05, 0.1) is 0 Å². The van der Waals surface area contributed by atoms with Gasteiger partial charge in [0.2, 0.25) is 0 Å². The Balaban J connectivity index is 2.31. The molecule has 4 N–H and O–H groups in total. The third-order valence-corrected chi connectivity index (χ3v) is 2.37. The second-order valence-electron chi connectivity index (χ2n) is 3.59. The lowest BCUT2D eigenvalue weighted by molar-refractivity contribution is 0.0987. The molecule has 6 nitrogen and oxygen atoms in total. The number of carbonyl (C=O) groups is 2. The van der Waals surface area contributed by atoms with Gasteiger partial charge in [-0.25, -0.2) is 0 Å². The van der Waals surface area contributed by atoms with E-state index in [2.05, 4.69) is 9.97 Å². The van der Waals surface area contributed by atoms with Crippen molar-refractivity contribution < 1.29 is 9.59 Å². The van der Waals surface area contributed by atoms with Crippen LogP contribution in [-0.4, -0.2) is 21.8 Å². The first-order chi connectivity index (χ1) is 8.58. The summed E-state index contributed by atoms with van der Waals surface area (Å²) in [6.07, 6.45) is 3.03. The summed E-state index contributed by atoms with van der Waals surface area (Å²) in [7, 11) is 0. The summed E-state index contributed by atoms with van der Waals surface area (Å²) in [5, 5.41) is 0. The smallest absolute Gasteiger partial charge is 0.267 e. The zero-order valence-corrected chi connectivity index (χ0v) is 9.33. The summed E-state index contributed by atoms with van der Waals surface area (Å²) in [5.74, 6) is -1.16. The maximum Gasteiger partial charge on any atom is 0.267 e. The van der Waals surface area contributed by atoms with E-state index in [1.165, 1.54) is 24.5 Å². The molecule has 2 aromatic heterocycles. The third-order valence-electron chi connectivity index (χ3n) is 2.37. The summed E-state index contributed by atoms with van der Waals surface area (Å²) in [5.41, 5.74) is 12.1. The Kier molecular flexibility index (Phi) is 3.01. The number of hydrogen-bond acceptors (Lipinski definition) is 4. The van der Waals surface area contributed by atoms with Gasteiger partial charge in [0.1, 0.15) is 11.4 Å². The topological polar surface area (TPSA) is 112 Å². The summed E-state index contributed by atoms with van der Waals surface area (Å²) >= 11 is 0. The number of pyridine rings is 2. The third kappa shape index (κ3) is 2.32. The molecular formula is C12H10N4O2. The van der Waals surface area contributed by atoms with Crippen LogP contribution in [0.1, 0.15) is 21.0 Å². The maximum absolute atomic E-state index is 10.9. The van der Waals surface area contributed by atoms with Crippen molar-refractivity contribution in [1.82, 2.24) is 9.97 Å². The minimum atomic E-state index is -0.580. The number of aromatic nitrogens is 2. The summed E-state index contributed by atoms with van der Waals surface area (Å²) < 4.78 is 0. The molecular weight excluding hydrogens is 232 g/mol. The van der Waals surface area contributed by atoms with E-state index in [1.807, 2.05) is 0 Å². The molecule has 0 atom stereocenters. The van der Waals surface area contributed by atoms with Crippen LogP contribution in [0.15, 0.2) is 36.7 Å². The number of amides is 2. The normalized spacial score (nSPS) is 10.0. The fourth-order valence-corrected chi connectivity index (χ4v) is 1.42. The van der Waals surface area contributed by atoms with E-state index in [4.69, 9.17) is 11.5 Å². The molecule has 0 spiro atoms. The highest BCUT2D eigenvalue weighted by Crippen LogP contribution is 2.17. The average Bonchev–Trinajstić information content (AvgIpc) is 2.39. The molecule has 90 valence electrons. The molecule has 2 rings (SSSR count). The number of primary amides is 2. The van der Waals surface area contributed by atoms with Gasteiger partial charge in [-0.15, -0.1) is 0 Å². The second-order valence-corrected chi connectivity index (χ2v) is 3.59. The molecule has 0 aliphatic heterocycles. The zero-order valence-electron chi connectivity index (χ0n) is 9.33. The van der Waals surface area contributed by atoms with Crippen LogP contribution in [0.3, 0.4) is 0 Å². The van der Waals surface area contributed by atoms with Crippen molar-refractivity contribution in [3.05, 3.63) is 48.0 Å². The van der Waals surface area contributed by atoms with Gasteiger partial charge in [-0.2, -0.15) is 0 Å². The van der Waals surface area contributed by atoms with Crippen LogP contribution >= 0.6 is 0 Å². The monoisotopic (exact) mass is 242 g/mol. The van der Waals surface area contributed by atoms with Gasteiger partial charge in [0.15, 0.2) is 0 Å². The van der Waals surface area contributed by atoms with Crippen molar-refractivity contribution in [2.24, 2.45) is 11.5 Å². The van der Waals surface area contributed by atoms with Gasteiger partial charge in [-0.1, -0.05) is 12.1 Å². The summed E-state index contributed by atoms with van der Waals surface area (Å²) in [6.45, 7) is 0. The molecule has 0 aliphatic rings. The second kappa shape index (κ2) is 4.62. The zero-order chi connectivity index (χ0) is 13.1.